The van der Waals surface area contributed by atoms with Gasteiger partial charge in [0.1, 0.15) is 0 Å². The molecular formula is C32H44. The fraction of sp³-hybridized carbons (Fsp3) is 0.562. The summed E-state index contributed by atoms with van der Waals surface area (Å²) in [5, 5.41) is 0. The zero-order valence-corrected chi connectivity index (χ0v) is 20.5. The van der Waals surface area contributed by atoms with Crippen LogP contribution in [0.15, 0.2) is 66.7 Å². The van der Waals surface area contributed by atoms with E-state index in [4.69, 9.17) is 0 Å². The van der Waals surface area contributed by atoms with E-state index in [0.717, 1.165) is 30.1 Å². The summed E-state index contributed by atoms with van der Waals surface area (Å²) in [4.78, 5) is 0. The van der Waals surface area contributed by atoms with Crippen molar-refractivity contribution in [2.75, 3.05) is 0 Å². The number of hydrogen-bond acceptors (Lipinski definition) is 0. The molecule has 32 heavy (non-hydrogen) atoms. The molecule has 0 radical (unpaired) electrons. The molecule has 2 fully saturated rings. The summed E-state index contributed by atoms with van der Waals surface area (Å²) in [7, 11) is 0. The van der Waals surface area contributed by atoms with Crippen LogP contribution in [0.4, 0.5) is 0 Å². The fourth-order valence-electron chi connectivity index (χ4n) is 6.61. The molecule has 2 aliphatic rings. The van der Waals surface area contributed by atoms with E-state index >= 15 is 0 Å². The minimum atomic E-state index is 0.711. The molecule has 0 bridgehead atoms. The van der Waals surface area contributed by atoms with Crippen LogP contribution in [-0.4, -0.2) is 0 Å². The standard InChI is InChI=1S/C32H44/c1-3-4-6-9-26-12-16-29(17-13-26)31-20-22-32(23-21-31)30-18-14-27(15-19-30)24-25(2)28-10-7-5-8-11-28/h3-5,7-8,10-13,16-17,25,27,30-32H,6,9,14-15,18-24H2,1-2H3/b4-3+. The maximum Gasteiger partial charge on any atom is -0.0162 e. The monoisotopic (exact) mass is 428 g/mol. The smallest absolute Gasteiger partial charge is 0.0162 e. The first kappa shape index (κ1) is 23.3. The predicted octanol–water partition coefficient (Wildman–Crippen LogP) is 9.47. The van der Waals surface area contributed by atoms with Crippen LogP contribution in [0.1, 0.15) is 107 Å². The molecule has 0 heteroatoms. The molecule has 172 valence electrons. The van der Waals surface area contributed by atoms with Gasteiger partial charge in [-0.1, -0.05) is 86.5 Å². The topological polar surface area (TPSA) is 0 Å². The lowest BCUT2D eigenvalue weighted by atomic mass is 9.67. The normalized spacial score (nSPS) is 27.4. The van der Waals surface area contributed by atoms with Crippen LogP contribution in [0.2, 0.25) is 0 Å². The van der Waals surface area contributed by atoms with E-state index in [1.165, 1.54) is 75.3 Å². The van der Waals surface area contributed by atoms with Crippen LogP contribution in [0, 0.1) is 17.8 Å². The van der Waals surface area contributed by atoms with Crippen LogP contribution < -0.4 is 0 Å². The Kier molecular flexibility index (Phi) is 8.66. The zero-order valence-electron chi connectivity index (χ0n) is 20.5. The Bertz CT molecular complexity index is 799. The van der Waals surface area contributed by atoms with Gasteiger partial charge in [0.2, 0.25) is 0 Å². The lowest BCUT2D eigenvalue weighted by Gasteiger charge is -2.38. The summed E-state index contributed by atoms with van der Waals surface area (Å²) < 4.78 is 0. The number of benzene rings is 2. The van der Waals surface area contributed by atoms with Crippen LogP contribution >= 0.6 is 0 Å². The van der Waals surface area contributed by atoms with Crippen molar-refractivity contribution in [3.05, 3.63) is 83.4 Å². The second-order valence-corrected chi connectivity index (χ2v) is 10.8. The van der Waals surface area contributed by atoms with Gasteiger partial charge in [0.15, 0.2) is 0 Å². The van der Waals surface area contributed by atoms with Crippen LogP contribution in [0.25, 0.3) is 0 Å². The molecule has 0 N–H and O–H groups in total. The molecule has 1 atom stereocenters. The molecule has 2 aliphatic carbocycles. The highest BCUT2D eigenvalue weighted by molar-refractivity contribution is 5.26. The summed E-state index contributed by atoms with van der Waals surface area (Å²) >= 11 is 0. The van der Waals surface area contributed by atoms with Crippen molar-refractivity contribution >= 4 is 0 Å². The third kappa shape index (κ3) is 6.37. The van der Waals surface area contributed by atoms with Crippen molar-refractivity contribution in [1.82, 2.24) is 0 Å². The Morgan fingerprint density at radius 2 is 1.41 bits per heavy atom. The number of aryl methyl sites for hydroxylation is 1. The Morgan fingerprint density at radius 1 is 0.781 bits per heavy atom. The average molecular weight is 429 g/mol. The summed E-state index contributed by atoms with van der Waals surface area (Å²) in [5.74, 6) is 4.47. The van der Waals surface area contributed by atoms with Gasteiger partial charge < -0.3 is 0 Å². The zero-order chi connectivity index (χ0) is 22.2. The van der Waals surface area contributed by atoms with Crippen molar-refractivity contribution in [3.63, 3.8) is 0 Å². The van der Waals surface area contributed by atoms with Gasteiger partial charge in [-0.15, -0.1) is 0 Å². The molecule has 0 heterocycles. The molecule has 0 amide bonds. The minimum Gasteiger partial charge on any atom is -0.0917 e. The van der Waals surface area contributed by atoms with Crippen LogP contribution in [-0.2, 0) is 6.42 Å². The Labute approximate surface area is 197 Å². The number of hydrogen-bond donors (Lipinski definition) is 0. The quantitative estimate of drug-likeness (QED) is 0.367. The van der Waals surface area contributed by atoms with Gasteiger partial charge in [0, 0.05) is 0 Å². The summed E-state index contributed by atoms with van der Waals surface area (Å²) in [6.07, 6.45) is 19.8. The van der Waals surface area contributed by atoms with E-state index in [2.05, 4.69) is 80.6 Å². The minimum absolute atomic E-state index is 0.711. The van der Waals surface area contributed by atoms with Crippen LogP contribution in [0.5, 0.6) is 0 Å². The number of allylic oxidation sites excluding steroid dienone is 2. The Morgan fingerprint density at radius 3 is 2.03 bits per heavy atom. The van der Waals surface area contributed by atoms with Gasteiger partial charge in [-0.2, -0.15) is 0 Å². The predicted molar refractivity (Wildman–Crippen MR) is 139 cm³/mol. The van der Waals surface area contributed by atoms with E-state index < -0.39 is 0 Å². The van der Waals surface area contributed by atoms with Gasteiger partial charge in [0.05, 0.1) is 0 Å². The Hall–Kier alpha value is -1.82. The molecule has 0 aliphatic heterocycles. The SMILES string of the molecule is C/C=C/CCc1ccc(C2CCC(C3CCC(CC(C)c4ccccc4)CC3)CC2)cc1. The first-order chi connectivity index (χ1) is 15.7. The largest absolute Gasteiger partial charge is 0.0917 e. The van der Waals surface area contributed by atoms with Crippen molar-refractivity contribution in [2.45, 2.75) is 96.3 Å². The van der Waals surface area contributed by atoms with E-state index in [0.29, 0.717) is 5.92 Å². The first-order valence-electron chi connectivity index (χ1n) is 13.5. The molecule has 4 rings (SSSR count). The Balaban J connectivity index is 1.19. The van der Waals surface area contributed by atoms with Crippen molar-refractivity contribution in [1.29, 1.82) is 0 Å². The average Bonchev–Trinajstić information content (AvgIpc) is 2.86. The molecule has 2 saturated carbocycles. The lowest BCUT2D eigenvalue weighted by Crippen LogP contribution is -2.25. The van der Waals surface area contributed by atoms with Crippen molar-refractivity contribution < 1.29 is 0 Å². The third-order valence-corrected chi connectivity index (χ3v) is 8.67. The highest BCUT2D eigenvalue weighted by Gasteiger charge is 2.31. The first-order valence-corrected chi connectivity index (χ1v) is 13.5. The summed E-state index contributed by atoms with van der Waals surface area (Å²) in [6, 6.07) is 20.8. The summed E-state index contributed by atoms with van der Waals surface area (Å²) in [6.45, 7) is 4.54. The van der Waals surface area contributed by atoms with E-state index in [1.807, 2.05) is 0 Å². The number of rotatable bonds is 8. The maximum atomic E-state index is 2.43. The van der Waals surface area contributed by atoms with Crippen molar-refractivity contribution in [2.24, 2.45) is 17.8 Å². The third-order valence-electron chi connectivity index (χ3n) is 8.67. The second kappa shape index (κ2) is 11.9. The molecule has 0 spiro atoms. The van der Waals surface area contributed by atoms with Gasteiger partial charge >= 0.3 is 0 Å². The van der Waals surface area contributed by atoms with E-state index in [-0.39, 0.29) is 0 Å². The van der Waals surface area contributed by atoms with Crippen LogP contribution in [0.3, 0.4) is 0 Å². The second-order valence-electron chi connectivity index (χ2n) is 10.8. The molecule has 0 saturated heterocycles. The molecule has 0 aromatic heterocycles. The summed E-state index contributed by atoms with van der Waals surface area (Å²) in [5.41, 5.74) is 4.61. The van der Waals surface area contributed by atoms with E-state index in [1.54, 1.807) is 5.56 Å². The van der Waals surface area contributed by atoms with E-state index in [9.17, 15) is 0 Å². The van der Waals surface area contributed by atoms with Gasteiger partial charge in [-0.3, -0.25) is 0 Å². The fourth-order valence-corrected chi connectivity index (χ4v) is 6.61. The molecule has 0 nitrogen and oxygen atoms in total. The molecular weight excluding hydrogens is 384 g/mol. The highest BCUT2D eigenvalue weighted by Crippen LogP contribution is 2.45. The maximum absolute atomic E-state index is 2.43. The van der Waals surface area contributed by atoms with Gasteiger partial charge in [-0.25, -0.2) is 0 Å². The molecule has 2 aromatic rings. The molecule has 1 unspecified atom stereocenters. The van der Waals surface area contributed by atoms with Gasteiger partial charge in [-0.05, 0) is 111 Å². The van der Waals surface area contributed by atoms with Crippen molar-refractivity contribution in [3.8, 4) is 0 Å². The van der Waals surface area contributed by atoms with Gasteiger partial charge in [0.25, 0.3) is 0 Å². The highest BCUT2D eigenvalue weighted by atomic mass is 14.4. The lowest BCUT2D eigenvalue weighted by molar-refractivity contribution is 0.154. The molecule has 2 aromatic carbocycles.